The number of carbonyl (C=O) groups excluding carboxylic acids is 1. The number of hydrogen-bond acceptors (Lipinski definition) is 2. The van der Waals surface area contributed by atoms with E-state index in [-0.39, 0.29) is 12.0 Å². The molecule has 1 saturated heterocycles. The average molecular weight is 274 g/mol. The summed E-state index contributed by atoms with van der Waals surface area (Å²) in [5.74, 6) is -0.639. The molecule has 0 aromatic heterocycles. The third kappa shape index (κ3) is 3.16. The lowest BCUT2D eigenvalue weighted by Gasteiger charge is -2.39. The fraction of sp³-hybridized carbons (Fsp3) is 0.692. The van der Waals surface area contributed by atoms with Crippen molar-refractivity contribution in [2.24, 2.45) is 10.9 Å². The maximum atomic E-state index is 12.3. The number of amides is 1. The van der Waals surface area contributed by atoms with E-state index in [4.69, 9.17) is 0 Å². The normalized spacial score (nSPS) is 26.9. The maximum absolute atomic E-state index is 12.3. The molecule has 6 heteroatoms. The van der Waals surface area contributed by atoms with Crippen molar-refractivity contribution in [1.29, 1.82) is 0 Å². The van der Waals surface area contributed by atoms with Gasteiger partial charge in [0.1, 0.15) is 6.42 Å². The minimum absolute atomic E-state index is 0.111. The zero-order valence-corrected chi connectivity index (χ0v) is 10.6. The van der Waals surface area contributed by atoms with E-state index in [0.717, 1.165) is 18.4 Å². The Bertz CT molecular complexity index is 403. The number of fused-ring (bicyclic) bond motifs is 1. The van der Waals surface area contributed by atoms with Crippen molar-refractivity contribution in [3.8, 4) is 0 Å². The lowest BCUT2D eigenvalue weighted by Crippen LogP contribution is -2.48. The van der Waals surface area contributed by atoms with Gasteiger partial charge in [0.05, 0.1) is 6.54 Å². The second-order valence-corrected chi connectivity index (χ2v) is 5.09. The highest BCUT2D eigenvalue weighted by molar-refractivity contribution is 5.77. The van der Waals surface area contributed by atoms with Gasteiger partial charge in [0.2, 0.25) is 5.91 Å². The van der Waals surface area contributed by atoms with Crippen LogP contribution in [0.1, 0.15) is 25.7 Å². The third-order valence-electron chi connectivity index (χ3n) is 3.84. The number of hydrogen-bond donors (Lipinski definition) is 0. The highest BCUT2D eigenvalue weighted by Crippen LogP contribution is 2.38. The van der Waals surface area contributed by atoms with Crippen LogP contribution in [0.5, 0.6) is 0 Å². The number of nitrogens with zero attached hydrogens (tertiary/aromatic N) is 2. The van der Waals surface area contributed by atoms with Crippen LogP contribution in [0.4, 0.5) is 13.2 Å². The van der Waals surface area contributed by atoms with E-state index in [1.807, 2.05) is 6.08 Å². The Kier molecular flexibility index (Phi) is 3.96. The van der Waals surface area contributed by atoms with E-state index in [0.29, 0.717) is 19.5 Å². The van der Waals surface area contributed by atoms with E-state index in [1.54, 1.807) is 0 Å². The Labute approximate surface area is 110 Å². The molecule has 2 unspecified atom stereocenters. The van der Waals surface area contributed by atoms with Crippen LogP contribution in [0.15, 0.2) is 16.6 Å². The second-order valence-electron chi connectivity index (χ2n) is 5.09. The average Bonchev–Trinajstić information content (AvgIpc) is 2.71. The van der Waals surface area contributed by atoms with Gasteiger partial charge < -0.3 is 4.90 Å². The first-order valence-electron chi connectivity index (χ1n) is 6.40. The molecule has 1 heterocycles. The molecule has 0 saturated carbocycles. The van der Waals surface area contributed by atoms with Gasteiger partial charge in [-0.1, -0.05) is 6.08 Å². The van der Waals surface area contributed by atoms with Gasteiger partial charge in [-0.15, -0.1) is 0 Å². The number of rotatable bonds is 3. The monoisotopic (exact) mass is 274 g/mol. The topological polar surface area (TPSA) is 32.7 Å². The lowest BCUT2D eigenvalue weighted by molar-refractivity contribution is -0.164. The fourth-order valence-corrected chi connectivity index (χ4v) is 3.10. The number of alkyl halides is 3. The van der Waals surface area contributed by atoms with Crippen LogP contribution < -0.4 is 0 Å². The van der Waals surface area contributed by atoms with E-state index in [2.05, 4.69) is 11.7 Å². The van der Waals surface area contributed by atoms with Crippen LogP contribution in [0, 0.1) is 5.92 Å². The van der Waals surface area contributed by atoms with Crippen molar-refractivity contribution < 1.29 is 18.0 Å². The Hall–Kier alpha value is -1.33. The van der Waals surface area contributed by atoms with Crippen molar-refractivity contribution in [3.05, 3.63) is 11.6 Å². The number of aliphatic imine (C=N–C) groups is 1. The zero-order valence-electron chi connectivity index (χ0n) is 10.6. The quantitative estimate of drug-likeness (QED) is 0.575. The van der Waals surface area contributed by atoms with Crippen LogP contribution in [0.25, 0.3) is 0 Å². The summed E-state index contributed by atoms with van der Waals surface area (Å²) in [4.78, 5) is 17.0. The van der Waals surface area contributed by atoms with Gasteiger partial charge in [-0.3, -0.25) is 9.79 Å². The molecule has 1 aliphatic carbocycles. The first-order valence-corrected chi connectivity index (χ1v) is 6.40. The van der Waals surface area contributed by atoms with Gasteiger partial charge >= 0.3 is 6.18 Å². The molecule has 0 radical (unpaired) electrons. The molecule has 2 rings (SSSR count). The number of carbonyl (C=O) groups is 1. The van der Waals surface area contributed by atoms with Crippen molar-refractivity contribution in [2.75, 3.05) is 13.1 Å². The van der Waals surface area contributed by atoms with Crippen LogP contribution >= 0.6 is 0 Å². The summed E-state index contributed by atoms with van der Waals surface area (Å²) in [5, 5.41) is 0. The molecule has 2 atom stereocenters. The first kappa shape index (κ1) is 14.1. The number of piperidine rings is 1. The molecule has 0 bridgehead atoms. The molecular weight excluding hydrogens is 257 g/mol. The first-order chi connectivity index (χ1) is 8.92. The highest BCUT2D eigenvalue weighted by Gasteiger charge is 2.41. The fourth-order valence-electron chi connectivity index (χ4n) is 3.10. The van der Waals surface area contributed by atoms with E-state index in [1.165, 1.54) is 4.90 Å². The highest BCUT2D eigenvalue weighted by atomic mass is 19.4. The standard InChI is InChI=1S/C13H17F3N2O/c1-17-8-9-4-5-11-10(9)3-2-6-18(11)12(19)7-13(14,15)16/h4,10-11H,1-3,5-8H2. The number of halogens is 3. The van der Waals surface area contributed by atoms with Crippen molar-refractivity contribution in [3.63, 3.8) is 0 Å². The van der Waals surface area contributed by atoms with E-state index >= 15 is 0 Å². The molecule has 1 aliphatic heterocycles. The Balaban J connectivity index is 2.04. The Morgan fingerprint density at radius 2 is 2.26 bits per heavy atom. The molecule has 2 aliphatic rings. The van der Waals surface area contributed by atoms with Crippen LogP contribution in [-0.2, 0) is 4.79 Å². The molecule has 0 N–H and O–H groups in total. The van der Waals surface area contributed by atoms with E-state index < -0.39 is 18.5 Å². The lowest BCUT2D eigenvalue weighted by atomic mass is 9.87. The summed E-state index contributed by atoms with van der Waals surface area (Å²) in [5.41, 5.74) is 1.12. The second kappa shape index (κ2) is 5.35. The molecule has 0 aromatic rings. The van der Waals surface area contributed by atoms with Gasteiger partial charge in [-0.05, 0) is 31.6 Å². The predicted octanol–water partition coefficient (Wildman–Crippen LogP) is 2.58. The van der Waals surface area contributed by atoms with Crippen molar-refractivity contribution in [2.45, 2.75) is 37.9 Å². The van der Waals surface area contributed by atoms with Gasteiger partial charge in [0.25, 0.3) is 0 Å². The van der Waals surface area contributed by atoms with Gasteiger partial charge in [-0.2, -0.15) is 13.2 Å². The summed E-state index contributed by atoms with van der Waals surface area (Å²) in [6, 6.07) is -0.111. The van der Waals surface area contributed by atoms with Crippen LogP contribution in [-0.4, -0.2) is 42.8 Å². The van der Waals surface area contributed by atoms with Gasteiger partial charge in [0.15, 0.2) is 0 Å². The summed E-state index contributed by atoms with van der Waals surface area (Å²) < 4.78 is 37.0. The van der Waals surface area contributed by atoms with Gasteiger partial charge in [0, 0.05) is 18.5 Å². The third-order valence-corrected chi connectivity index (χ3v) is 3.84. The van der Waals surface area contributed by atoms with Crippen molar-refractivity contribution in [1.82, 2.24) is 4.90 Å². The molecular formula is C13H17F3N2O. The van der Waals surface area contributed by atoms with E-state index in [9.17, 15) is 18.0 Å². The van der Waals surface area contributed by atoms with Crippen LogP contribution in [0.2, 0.25) is 0 Å². The zero-order chi connectivity index (χ0) is 14.0. The largest absolute Gasteiger partial charge is 0.397 e. The molecule has 1 fully saturated rings. The molecule has 19 heavy (non-hydrogen) atoms. The minimum Gasteiger partial charge on any atom is -0.339 e. The Morgan fingerprint density at radius 3 is 2.89 bits per heavy atom. The molecule has 0 spiro atoms. The van der Waals surface area contributed by atoms with Crippen molar-refractivity contribution >= 4 is 12.6 Å². The Morgan fingerprint density at radius 1 is 1.53 bits per heavy atom. The molecule has 1 amide bonds. The molecule has 3 nitrogen and oxygen atoms in total. The van der Waals surface area contributed by atoms with Gasteiger partial charge in [-0.25, -0.2) is 0 Å². The summed E-state index contributed by atoms with van der Waals surface area (Å²) in [7, 11) is 0. The summed E-state index contributed by atoms with van der Waals surface area (Å²) >= 11 is 0. The minimum atomic E-state index is -4.43. The smallest absolute Gasteiger partial charge is 0.339 e. The summed E-state index contributed by atoms with van der Waals surface area (Å²) in [6.45, 7) is 4.39. The SMILES string of the molecule is C=NCC1=CCC2C1CCCN2C(=O)CC(F)(F)F. The maximum Gasteiger partial charge on any atom is 0.397 e. The summed E-state index contributed by atoms with van der Waals surface area (Å²) in [6.07, 6.45) is -1.48. The van der Waals surface area contributed by atoms with Crippen LogP contribution in [0.3, 0.4) is 0 Å². The predicted molar refractivity (Wildman–Crippen MR) is 66.0 cm³/mol. The number of likely N-dealkylation sites (tertiary alicyclic amines) is 1. The molecule has 106 valence electrons. The molecule has 0 aromatic carbocycles.